The van der Waals surface area contributed by atoms with Gasteiger partial charge in [0.25, 0.3) is 0 Å². The van der Waals surface area contributed by atoms with Crippen molar-refractivity contribution in [2.24, 2.45) is 5.73 Å². The standard InChI is InChI=1S/C14H20N4O2S/c1-11-7-14(4-3-12(11)8-15)21(19,20)18-6-5-17(2)10-13(18)9-16/h3-4,7,13H,5-6,9-10,16H2,1-2H3. The van der Waals surface area contributed by atoms with Gasteiger partial charge in [-0.15, -0.1) is 0 Å². The molecule has 0 aliphatic carbocycles. The summed E-state index contributed by atoms with van der Waals surface area (Å²) in [5.74, 6) is 0. The Bertz CT molecular complexity index is 666. The van der Waals surface area contributed by atoms with E-state index in [2.05, 4.69) is 4.90 Å². The van der Waals surface area contributed by atoms with Crippen molar-refractivity contribution in [1.82, 2.24) is 9.21 Å². The Hall–Kier alpha value is -1.46. The molecule has 1 fully saturated rings. The van der Waals surface area contributed by atoms with Gasteiger partial charge in [0.1, 0.15) is 0 Å². The lowest BCUT2D eigenvalue weighted by Crippen LogP contribution is -2.56. The van der Waals surface area contributed by atoms with Gasteiger partial charge >= 0.3 is 0 Å². The highest BCUT2D eigenvalue weighted by atomic mass is 32.2. The van der Waals surface area contributed by atoms with E-state index in [1.807, 2.05) is 13.1 Å². The third-order valence-corrected chi connectivity index (χ3v) is 5.78. The van der Waals surface area contributed by atoms with Gasteiger partial charge in [-0.2, -0.15) is 9.57 Å². The van der Waals surface area contributed by atoms with Crippen LogP contribution in [-0.4, -0.2) is 56.9 Å². The molecule has 6 nitrogen and oxygen atoms in total. The van der Waals surface area contributed by atoms with Crippen LogP contribution in [0.5, 0.6) is 0 Å². The van der Waals surface area contributed by atoms with E-state index in [4.69, 9.17) is 11.0 Å². The number of piperazine rings is 1. The maximum absolute atomic E-state index is 12.8. The first-order valence-electron chi connectivity index (χ1n) is 6.81. The lowest BCUT2D eigenvalue weighted by Gasteiger charge is -2.38. The number of hydrogen-bond acceptors (Lipinski definition) is 5. The molecule has 2 rings (SSSR count). The number of likely N-dealkylation sites (N-methyl/N-ethyl adjacent to an activating group) is 1. The van der Waals surface area contributed by atoms with E-state index in [0.717, 1.165) is 0 Å². The highest BCUT2D eigenvalue weighted by Crippen LogP contribution is 2.22. The van der Waals surface area contributed by atoms with E-state index in [-0.39, 0.29) is 10.9 Å². The fourth-order valence-corrected chi connectivity index (χ4v) is 4.26. The van der Waals surface area contributed by atoms with Crippen LogP contribution in [0.15, 0.2) is 23.1 Å². The topological polar surface area (TPSA) is 90.4 Å². The molecule has 0 bridgehead atoms. The molecule has 1 unspecified atom stereocenters. The first kappa shape index (κ1) is 15.9. The van der Waals surface area contributed by atoms with E-state index < -0.39 is 10.0 Å². The van der Waals surface area contributed by atoms with E-state index in [1.165, 1.54) is 10.4 Å². The summed E-state index contributed by atoms with van der Waals surface area (Å²) < 4.78 is 27.0. The molecule has 1 atom stereocenters. The summed E-state index contributed by atoms with van der Waals surface area (Å²) in [6.07, 6.45) is 0. The maximum Gasteiger partial charge on any atom is 0.243 e. The second kappa shape index (κ2) is 6.12. The number of hydrogen-bond donors (Lipinski definition) is 1. The van der Waals surface area contributed by atoms with E-state index in [1.54, 1.807) is 19.1 Å². The first-order chi connectivity index (χ1) is 9.90. The van der Waals surface area contributed by atoms with Crippen LogP contribution in [0.2, 0.25) is 0 Å². The summed E-state index contributed by atoms with van der Waals surface area (Å²) in [6.45, 7) is 3.77. The predicted molar refractivity (Wildman–Crippen MR) is 80.1 cm³/mol. The van der Waals surface area contributed by atoms with Crippen LogP contribution in [-0.2, 0) is 10.0 Å². The summed E-state index contributed by atoms with van der Waals surface area (Å²) in [5, 5.41) is 8.94. The van der Waals surface area contributed by atoms with Gasteiger partial charge in [0.15, 0.2) is 0 Å². The van der Waals surface area contributed by atoms with Crippen LogP contribution in [0.4, 0.5) is 0 Å². The zero-order chi connectivity index (χ0) is 15.6. The Labute approximate surface area is 125 Å². The Kier molecular flexibility index (Phi) is 4.64. The van der Waals surface area contributed by atoms with Crippen molar-refractivity contribution in [2.75, 3.05) is 33.2 Å². The second-order valence-electron chi connectivity index (χ2n) is 5.36. The van der Waals surface area contributed by atoms with Crippen LogP contribution in [0.3, 0.4) is 0 Å². The van der Waals surface area contributed by atoms with Crippen LogP contribution in [0, 0.1) is 18.3 Å². The Morgan fingerprint density at radius 2 is 2.14 bits per heavy atom. The van der Waals surface area contributed by atoms with Crippen molar-refractivity contribution in [3.8, 4) is 6.07 Å². The predicted octanol–water partition coefficient (Wildman–Crippen LogP) is 0.130. The van der Waals surface area contributed by atoms with E-state index in [0.29, 0.717) is 37.3 Å². The number of nitriles is 1. The molecule has 21 heavy (non-hydrogen) atoms. The molecule has 1 saturated heterocycles. The maximum atomic E-state index is 12.8. The van der Waals surface area contributed by atoms with Crippen molar-refractivity contribution in [1.29, 1.82) is 5.26 Å². The molecule has 0 radical (unpaired) electrons. The summed E-state index contributed by atoms with van der Waals surface area (Å²) in [7, 11) is -1.62. The van der Waals surface area contributed by atoms with Gasteiger partial charge in [-0.05, 0) is 37.7 Å². The monoisotopic (exact) mass is 308 g/mol. The van der Waals surface area contributed by atoms with Crippen LogP contribution in [0.1, 0.15) is 11.1 Å². The van der Waals surface area contributed by atoms with E-state index >= 15 is 0 Å². The lowest BCUT2D eigenvalue weighted by molar-refractivity contribution is 0.164. The van der Waals surface area contributed by atoms with E-state index in [9.17, 15) is 8.42 Å². The van der Waals surface area contributed by atoms with Crippen molar-refractivity contribution in [3.05, 3.63) is 29.3 Å². The van der Waals surface area contributed by atoms with Gasteiger partial charge in [0, 0.05) is 26.2 Å². The molecule has 0 aromatic heterocycles. The minimum atomic E-state index is -3.58. The third-order valence-electron chi connectivity index (χ3n) is 3.83. The minimum absolute atomic E-state index is 0.218. The van der Waals surface area contributed by atoms with Crippen LogP contribution < -0.4 is 5.73 Å². The van der Waals surface area contributed by atoms with Crippen LogP contribution in [0.25, 0.3) is 0 Å². The SMILES string of the molecule is Cc1cc(S(=O)(=O)N2CCN(C)CC2CN)ccc1C#N. The zero-order valence-corrected chi connectivity index (χ0v) is 13.1. The molecular weight excluding hydrogens is 288 g/mol. The molecule has 7 heteroatoms. The van der Waals surface area contributed by atoms with Gasteiger partial charge < -0.3 is 10.6 Å². The van der Waals surface area contributed by atoms with Crippen molar-refractivity contribution >= 4 is 10.0 Å². The molecular formula is C14H20N4O2S. The Balaban J connectivity index is 2.37. The first-order valence-corrected chi connectivity index (χ1v) is 8.25. The number of aryl methyl sites for hydroxylation is 1. The smallest absolute Gasteiger partial charge is 0.243 e. The zero-order valence-electron chi connectivity index (χ0n) is 12.3. The number of rotatable bonds is 3. The minimum Gasteiger partial charge on any atom is -0.329 e. The average Bonchev–Trinajstić information content (AvgIpc) is 2.46. The highest BCUT2D eigenvalue weighted by Gasteiger charge is 2.34. The molecule has 1 aromatic carbocycles. The highest BCUT2D eigenvalue weighted by molar-refractivity contribution is 7.89. The second-order valence-corrected chi connectivity index (χ2v) is 7.25. The van der Waals surface area contributed by atoms with Crippen LogP contribution >= 0.6 is 0 Å². The number of nitrogens with zero attached hydrogens (tertiary/aromatic N) is 3. The summed E-state index contributed by atoms with van der Waals surface area (Å²) in [4.78, 5) is 2.30. The van der Waals surface area contributed by atoms with Crippen molar-refractivity contribution < 1.29 is 8.42 Å². The summed E-state index contributed by atoms with van der Waals surface area (Å²) in [6, 6.07) is 6.43. The number of benzene rings is 1. The van der Waals surface area contributed by atoms with Crippen molar-refractivity contribution in [2.45, 2.75) is 17.9 Å². The normalized spacial score (nSPS) is 21.1. The van der Waals surface area contributed by atoms with Gasteiger partial charge in [-0.3, -0.25) is 0 Å². The molecule has 2 N–H and O–H groups in total. The van der Waals surface area contributed by atoms with Gasteiger partial charge in [-0.1, -0.05) is 0 Å². The molecule has 0 saturated carbocycles. The number of nitrogens with two attached hydrogens (primary N) is 1. The fraction of sp³-hybridized carbons (Fsp3) is 0.500. The quantitative estimate of drug-likeness (QED) is 0.857. The van der Waals surface area contributed by atoms with Gasteiger partial charge in [0.2, 0.25) is 10.0 Å². The molecule has 1 aromatic rings. The Morgan fingerprint density at radius 1 is 1.43 bits per heavy atom. The molecule has 1 heterocycles. The average molecular weight is 308 g/mol. The summed E-state index contributed by atoms with van der Waals surface area (Å²) >= 11 is 0. The molecule has 1 aliphatic heterocycles. The largest absolute Gasteiger partial charge is 0.329 e. The molecule has 114 valence electrons. The molecule has 0 amide bonds. The van der Waals surface area contributed by atoms with Crippen molar-refractivity contribution in [3.63, 3.8) is 0 Å². The van der Waals surface area contributed by atoms with Gasteiger partial charge in [0.05, 0.1) is 22.6 Å². The number of sulfonamides is 1. The van der Waals surface area contributed by atoms with Gasteiger partial charge in [-0.25, -0.2) is 8.42 Å². The third kappa shape index (κ3) is 3.09. The Morgan fingerprint density at radius 3 is 2.71 bits per heavy atom. The fourth-order valence-electron chi connectivity index (χ4n) is 2.56. The molecule has 1 aliphatic rings. The molecule has 0 spiro atoms. The lowest BCUT2D eigenvalue weighted by atomic mass is 10.1. The summed E-state index contributed by atoms with van der Waals surface area (Å²) in [5.41, 5.74) is 6.88.